The van der Waals surface area contributed by atoms with Crippen molar-refractivity contribution < 1.29 is 32.2 Å². The third kappa shape index (κ3) is 8.22. The van der Waals surface area contributed by atoms with E-state index in [-0.39, 0.29) is 23.2 Å². The monoisotopic (exact) mass is 592 g/mol. The molecule has 1 aliphatic heterocycles. The lowest BCUT2D eigenvalue weighted by molar-refractivity contribution is -0.138. The first-order valence-corrected chi connectivity index (χ1v) is 13.0. The Morgan fingerprint density at radius 1 is 1.05 bits per heavy atom. The molecule has 0 saturated carbocycles. The number of ether oxygens (including phenoxy) is 2. The van der Waals surface area contributed by atoms with Gasteiger partial charge in [0.1, 0.15) is 29.4 Å². The number of carbonyl (C=O) groups excluding carboxylic acids is 2. The molecule has 2 heterocycles. The number of amides is 3. The maximum absolute atomic E-state index is 14.1. The minimum absolute atomic E-state index is 0.000520. The predicted octanol–water partition coefficient (Wildman–Crippen LogP) is 4.83. The van der Waals surface area contributed by atoms with Crippen LogP contribution < -0.4 is 30.7 Å². The summed E-state index contributed by atoms with van der Waals surface area (Å²) < 4.78 is 53.5. The highest BCUT2D eigenvalue weighted by Crippen LogP contribution is 2.45. The second-order valence-corrected chi connectivity index (χ2v) is 9.31. The Morgan fingerprint density at radius 2 is 1.78 bits per heavy atom. The van der Waals surface area contributed by atoms with Gasteiger partial charge in [0.05, 0.1) is 10.7 Å². The van der Waals surface area contributed by atoms with Crippen molar-refractivity contribution in [3.05, 3.63) is 71.0 Å². The molecule has 0 radical (unpaired) electrons. The maximum Gasteiger partial charge on any atom is 0.422 e. The SMILES string of the molecule is CNC(=O)c1cc(Oc2ccc(NC(=O)Nc3ccc(Cl)c(OCCN4CCNCC4)c3C(F)(F)F)cc2)ccn1. The number of halogens is 4. The number of rotatable bonds is 9. The molecule has 0 aliphatic carbocycles. The van der Waals surface area contributed by atoms with Crippen molar-refractivity contribution in [1.82, 2.24) is 20.5 Å². The van der Waals surface area contributed by atoms with E-state index in [4.69, 9.17) is 21.1 Å². The van der Waals surface area contributed by atoms with E-state index in [0.717, 1.165) is 32.2 Å². The molecule has 0 bridgehead atoms. The van der Waals surface area contributed by atoms with Crippen LogP contribution in [0.4, 0.5) is 29.3 Å². The number of hydrogen-bond acceptors (Lipinski definition) is 7. The normalized spacial score (nSPS) is 13.8. The Morgan fingerprint density at radius 3 is 2.46 bits per heavy atom. The van der Waals surface area contributed by atoms with Crippen molar-refractivity contribution >= 4 is 34.9 Å². The highest BCUT2D eigenvalue weighted by atomic mass is 35.5. The van der Waals surface area contributed by atoms with Gasteiger partial charge in [0.15, 0.2) is 5.75 Å². The molecular formula is C27H28ClF3N6O4. The van der Waals surface area contributed by atoms with E-state index in [9.17, 15) is 22.8 Å². The summed E-state index contributed by atoms with van der Waals surface area (Å²) in [5.41, 5.74) is -1.20. The summed E-state index contributed by atoms with van der Waals surface area (Å²) in [6.07, 6.45) is -3.42. The van der Waals surface area contributed by atoms with Crippen molar-refractivity contribution in [3.8, 4) is 17.2 Å². The van der Waals surface area contributed by atoms with Crippen LogP contribution in [0.15, 0.2) is 54.7 Å². The van der Waals surface area contributed by atoms with Crippen LogP contribution in [0.2, 0.25) is 5.02 Å². The number of carbonyl (C=O) groups is 2. The van der Waals surface area contributed by atoms with Crippen LogP contribution in [0.25, 0.3) is 0 Å². The minimum Gasteiger partial charge on any atom is -0.490 e. The molecule has 0 unspecified atom stereocenters. The summed E-state index contributed by atoms with van der Waals surface area (Å²) in [4.78, 5) is 30.4. The summed E-state index contributed by atoms with van der Waals surface area (Å²) in [6, 6.07) is 10.6. The first-order chi connectivity index (χ1) is 19.6. The molecule has 1 aliphatic rings. The molecule has 14 heteroatoms. The van der Waals surface area contributed by atoms with E-state index < -0.39 is 29.2 Å². The molecule has 4 N–H and O–H groups in total. The number of nitrogens with zero attached hydrogens (tertiary/aromatic N) is 2. The number of pyridine rings is 1. The van der Waals surface area contributed by atoms with Gasteiger partial charge >= 0.3 is 12.2 Å². The van der Waals surface area contributed by atoms with Gasteiger partial charge in [-0.05, 0) is 42.5 Å². The van der Waals surface area contributed by atoms with Crippen molar-refractivity contribution in [2.75, 3.05) is 57.0 Å². The van der Waals surface area contributed by atoms with Gasteiger partial charge in [-0.25, -0.2) is 4.79 Å². The summed E-state index contributed by atoms with van der Waals surface area (Å²) >= 11 is 6.09. The molecule has 0 spiro atoms. The summed E-state index contributed by atoms with van der Waals surface area (Å²) in [6.45, 7) is 3.55. The van der Waals surface area contributed by atoms with Gasteiger partial charge in [0.25, 0.3) is 5.91 Å². The zero-order chi connectivity index (χ0) is 29.4. The molecule has 0 atom stereocenters. The van der Waals surface area contributed by atoms with E-state index >= 15 is 0 Å². The van der Waals surface area contributed by atoms with Crippen LogP contribution in [0.1, 0.15) is 16.1 Å². The number of aromatic nitrogens is 1. The quantitative estimate of drug-likeness (QED) is 0.281. The number of nitrogens with one attached hydrogen (secondary N) is 4. The van der Waals surface area contributed by atoms with Gasteiger partial charge in [-0.2, -0.15) is 13.2 Å². The Kier molecular flexibility index (Phi) is 9.86. The Hall–Kier alpha value is -4.07. The second-order valence-electron chi connectivity index (χ2n) is 8.90. The van der Waals surface area contributed by atoms with Crippen LogP contribution in [0.5, 0.6) is 17.2 Å². The average Bonchev–Trinajstić information content (AvgIpc) is 2.95. The molecule has 2 aromatic carbocycles. The fourth-order valence-corrected chi connectivity index (χ4v) is 4.26. The highest BCUT2D eigenvalue weighted by Gasteiger charge is 2.39. The van der Waals surface area contributed by atoms with Crippen molar-refractivity contribution in [2.24, 2.45) is 0 Å². The number of urea groups is 1. The van der Waals surface area contributed by atoms with Gasteiger partial charge in [0.2, 0.25) is 0 Å². The van der Waals surface area contributed by atoms with Crippen LogP contribution >= 0.6 is 11.6 Å². The third-order valence-corrected chi connectivity index (χ3v) is 6.34. The summed E-state index contributed by atoms with van der Waals surface area (Å²) in [5, 5.41) is 10.2. The molecule has 218 valence electrons. The van der Waals surface area contributed by atoms with E-state index in [1.54, 1.807) is 18.2 Å². The molecular weight excluding hydrogens is 565 g/mol. The van der Waals surface area contributed by atoms with Gasteiger partial charge in [-0.15, -0.1) is 0 Å². The third-order valence-electron chi connectivity index (χ3n) is 6.04. The largest absolute Gasteiger partial charge is 0.490 e. The summed E-state index contributed by atoms with van der Waals surface area (Å²) in [5.74, 6) is -0.149. The van der Waals surface area contributed by atoms with Crippen LogP contribution in [0, 0.1) is 0 Å². The molecule has 1 fully saturated rings. The number of piperazine rings is 1. The van der Waals surface area contributed by atoms with Crippen LogP contribution in [0.3, 0.4) is 0 Å². The highest BCUT2D eigenvalue weighted by molar-refractivity contribution is 6.32. The molecule has 3 amide bonds. The number of benzene rings is 2. The van der Waals surface area contributed by atoms with E-state index in [0.29, 0.717) is 23.7 Å². The van der Waals surface area contributed by atoms with E-state index in [1.165, 1.54) is 37.5 Å². The van der Waals surface area contributed by atoms with Gasteiger partial charge in [-0.1, -0.05) is 11.6 Å². The smallest absolute Gasteiger partial charge is 0.422 e. The van der Waals surface area contributed by atoms with Gasteiger partial charge in [-0.3, -0.25) is 14.7 Å². The first-order valence-electron chi connectivity index (χ1n) is 12.6. The van der Waals surface area contributed by atoms with Crippen molar-refractivity contribution in [2.45, 2.75) is 6.18 Å². The number of hydrogen-bond donors (Lipinski definition) is 4. The molecule has 10 nitrogen and oxygen atoms in total. The van der Waals surface area contributed by atoms with Gasteiger partial charge < -0.3 is 30.7 Å². The van der Waals surface area contributed by atoms with Crippen LogP contribution in [-0.2, 0) is 6.18 Å². The topological polar surface area (TPSA) is 117 Å². The fourth-order valence-electron chi connectivity index (χ4n) is 4.05. The first kappa shape index (κ1) is 29.9. The predicted molar refractivity (Wildman–Crippen MR) is 148 cm³/mol. The number of anilines is 2. The molecule has 41 heavy (non-hydrogen) atoms. The Bertz CT molecular complexity index is 1370. The molecule has 1 aromatic heterocycles. The second kappa shape index (κ2) is 13.5. The van der Waals surface area contributed by atoms with Crippen LogP contribution in [-0.4, -0.2) is 68.2 Å². The summed E-state index contributed by atoms with van der Waals surface area (Å²) in [7, 11) is 1.48. The lowest BCUT2D eigenvalue weighted by Crippen LogP contribution is -2.44. The van der Waals surface area contributed by atoms with E-state index in [2.05, 4.69) is 31.2 Å². The molecule has 4 rings (SSSR count). The number of alkyl halides is 3. The maximum atomic E-state index is 14.1. The van der Waals surface area contributed by atoms with Crippen molar-refractivity contribution in [1.29, 1.82) is 0 Å². The lowest BCUT2D eigenvalue weighted by atomic mass is 10.1. The standard InChI is InChI=1S/C27H28ClF3N6O4/c1-32-25(38)22-16-19(8-9-34-22)41-18-4-2-17(3-5-18)35-26(39)36-21-7-6-20(28)24(23(21)27(29,30)31)40-15-14-37-12-10-33-11-13-37/h2-9,16,33H,10-15H2,1H3,(H,32,38)(H2,35,36,39). The minimum atomic E-state index is -4.85. The zero-order valence-electron chi connectivity index (χ0n) is 22.0. The Labute approximate surface area is 239 Å². The van der Waals surface area contributed by atoms with E-state index in [1.807, 2.05) is 0 Å². The van der Waals surface area contributed by atoms with Gasteiger partial charge in [0, 0.05) is 57.7 Å². The average molecular weight is 593 g/mol. The molecule has 3 aromatic rings. The Balaban J connectivity index is 1.41. The zero-order valence-corrected chi connectivity index (χ0v) is 22.7. The lowest BCUT2D eigenvalue weighted by Gasteiger charge is -2.27. The fraction of sp³-hybridized carbons (Fsp3) is 0.296. The molecule has 1 saturated heterocycles. The van der Waals surface area contributed by atoms with Crippen molar-refractivity contribution in [3.63, 3.8) is 0 Å².